The fourth-order valence-electron chi connectivity index (χ4n) is 9.52. The summed E-state index contributed by atoms with van der Waals surface area (Å²) in [5.41, 5.74) is 13.6. The normalized spacial score (nSPS) is 11.2. The van der Waals surface area contributed by atoms with E-state index in [1.54, 1.807) is 0 Å². The molecule has 3 aromatic heterocycles. The van der Waals surface area contributed by atoms with Gasteiger partial charge in [-0.05, 0) is 101 Å². The van der Waals surface area contributed by atoms with Crippen molar-refractivity contribution in [1.29, 1.82) is 10.5 Å². The summed E-state index contributed by atoms with van der Waals surface area (Å²) in [6, 6.07) is 73.5. The van der Waals surface area contributed by atoms with Gasteiger partial charge in [0.15, 0.2) is 23.2 Å². The average Bonchev–Trinajstić information content (AvgIpc) is 3.92. The molecule has 3 heterocycles. The molecule has 68 heavy (non-hydrogen) atoms. The molecule has 0 bridgehead atoms. The zero-order chi connectivity index (χ0) is 45.7. The van der Waals surface area contributed by atoms with Crippen LogP contribution in [0.15, 0.2) is 206 Å². The maximum absolute atomic E-state index is 10.2. The van der Waals surface area contributed by atoms with Crippen LogP contribution in [0, 0.1) is 29.2 Å². The summed E-state index contributed by atoms with van der Waals surface area (Å²) >= 11 is 0. The lowest BCUT2D eigenvalue weighted by atomic mass is 9.94. The fourth-order valence-corrected chi connectivity index (χ4v) is 9.52. The monoisotopic (exact) mass is 866 g/mol. The van der Waals surface area contributed by atoms with Crippen LogP contribution in [-0.2, 0) is 0 Å². The van der Waals surface area contributed by atoms with Crippen LogP contribution in [0.25, 0.3) is 116 Å². The van der Waals surface area contributed by atoms with Crippen molar-refractivity contribution in [2.24, 2.45) is 0 Å². The van der Waals surface area contributed by atoms with E-state index in [9.17, 15) is 10.5 Å². The molecule has 8 nitrogen and oxygen atoms in total. The molecule has 0 N–H and O–H groups in total. The Kier molecular flexibility index (Phi) is 9.47. The molecule has 0 spiro atoms. The average molecular weight is 867 g/mol. The van der Waals surface area contributed by atoms with Crippen LogP contribution in [0.4, 0.5) is 5.69 Å². The topological polar surface area (TPSA) is 100 Å². The van der Waals surface area contributed by atoms with Crippen molar-refractivity contribution in [2.45, 2.75) is 0 Å². The lowest BCUT2D eigenvalue weighted by Crippen LogP contribution is -2.02. The van der Waals surface area contributed by atoms with Crippen molar-refractivity contribution in [2.75, 3.05) is 0 Å². The Morgan fingerprint density at radius 1 is 0.368 bits per heavy atom. The van der Waals surface area contributed by atoms with Crippen molar-refractivity contribution in [3.63, 3.8) is 0 Å². The van der Waals surface area contributed by atoms with Gasteiger partial charge in [-0.2, -0.15) is 10.5 Å². The van der Waals surface area contributed by atoms with E-state index < -0.39 is 0 Å². The molecule has 0 amide bonds. The lowest BCUT2D eigenvalue weighted by molar-refractivity contribution is 1.07. The Bertz CT molecular complexity index is 4070. The van der Waals surface area contributed by atoms with E-state index in [1.807, 2.05) is 146 Å². The van der Waals surface area contributed by atoms with Crippen LogP contribution < -0.4 is 0 Å². The van der Waals surface area contributed by atoms with E-state index in [0.29, 0.717) is 34.3 Å². The minimum Gasteiger partial charge on any atom is -0.309 e. The van der Waals surface area contributed by atoms with Crippen molar-refractivity contribution >= 4 is 49.3 Å². The largest absolute Gasteiger partial charge is 0.309 e. The molecule has 12 aromatic rings. The third-order valence-electron chi connectivity index (χ3n) is 12.6. The molecular weight excluding hydrogens is 833 g/mol. The third kappa shape index (κ3) is 6.63. The molecule has 314 valence electrons. The number of aromatic nitrogens is 5. The van der Waals surface area contributed by atoms with Gasteiger partial charge >= 0.3 is 0 Å². The first kappa shape index (κ1) is 39.6. The van der Waals surface area contributed by atoms with Crippen molar-refractivity contribution in [3.05, 3.63) is 229 Å². The maximum Gasteiger partial charge on any atom is 0.188 e. The van der Waals surface area contributed by atoms with E-state index in [1.165, 1.54) is 0 Å². The molecule has 8 heteroatoms. The number of nitrogens with zero attached hydrogens (tertiary/aromatic N) is 8. The molecular formula is C60H34N8. The molecule has 0 radical (unpaired) electrons. The van der Waals surface area contributed by atoms with Crippen molar-refractivity contribution in [3.8, 4) is 79.9 Å². The van der Waals surface area contributed by atoms with E-state index in [4.69, 9.17) is 21.5 Å². The van der Waals surface area contributed by atoms with E-state index >= 15 is 0 Å². The van der Waals surface area contributed by atoms with Gasteiger partial charge in [0.2, 0.25) is 0 Å². The molecule has 0 saturated carbocycles. The molecule has 0 fully saturated rings. The molecule has 0 aliphatic rings. The van der Waals surface area contributed by atoms with Gasteiger partial charge in [-0.15, -0.1) is 0 Å². The summed E-state index contributed by atoms with van der Waals surface area (Å²) < 4.78 is 4.53. The molecule has 0 aliphatic carbocycles. The first-order chi connectivity index (χ1) is 33.6. The minimum atomic E-state index is 0.523. The summed E-state index contributed by atoms with van der Waals surface area (Å²) in [4.78, 5) is 19.0. The SMILES string of the molecule is [C-]#[N+]c1ccc2c(c1)c1ccccc1n2-c1ccc(-c2nc(-c3ccccc3)nc(-c3ccccc3)n2)cc1-c1ccc(-n2c3ccccc3c3cc(C#N)ccc32)c(-c2cccc(C#N)c2)c1. The number of benzene rings is 9. The number of hydrogen-bond acceptors (Lipinski definition) is 5. The zero-order valence-electron chi connectivity index (χ0n) is 36.2. The number of fused-ring (bicyclic) bond motifs is 6. The molecule has 0 aliphatic heterocycles. The second-order valence-corrected chi connectivity index (χ2v) is 16.6. The highest BCUT2D eigenvalue weighted by Gasteiger charge is 2.22. The first-order valence-electron chi connectivity index (χ1n) is 22.1. The summed E-state index contributed by atoms with van der Waals surface area (Å²) in [7, 11) is 0. The van der Waals surface area contributed by atoms with Gasteiger partial charge in [0.1, 0.15) is 0 Å². The summed E-state index contributed by atoms with van der Waals surface area (Å²) in [5, 5.41) is 24.1. The number of para-hydroxylation sites is 2. The minimum absolute atomic E-state index is 0.523. The molecule has 12 rings (SSSR count). The summed E-state index contributed by atoms with van der Waals surface area (Å²) in [6.07, 6.45) is 0. The Labute approximate surface area is 391 Å². The van der Waals surface area contributed by atoms with Crippen LogP contribution >= 0.6 is 0 Å². The molecule has 9 aromatic carbocycles. The van der Waals surface area contributed by atoms with Gasteiger partial charge in [-0.25, -0.2) is 19.8 Å². The number of nitriles is 2. The van der Waals surface area contributed by atoms with E-state index in [2.05, 4.69) is 86.8 Å². The third-order valence-corrected chi connectivity index (χ3v) is 12.6. The number of hydrogen-bond donors (Lipinski definition) is 0. The second-order valence-electron chi connectivity index (χ2n) is 16.6. The van der Waals surface area contributed by atoms with Crippen LogP contribution in [0.5, 0.6) is 0 Å². The predicted octanol–water partition coefficient (Wildman–Crippen LogP) is 14.7. The van der Waals surface area contributed by atoms with Crippen LogP contribution in [0.3, 0.4) is 0 Å². The quantitative estimate of drug-likeness (QED) is 0.149. The van der Waals surface area contributed by atoms with E-state index in [-0.39, 0.29) is 0 Å². The Morgan fingerprint density at radius 2 is 0.824 bits per heavy atom. The highest BCUT2D eigenvalue weighted by Crippen LogP contribution is 2.43. The Balaban J connectivity index is 1.16. The fraction of sp³-hybridized carbons (Fsp3) is 0. The number of rotatable bonds is 7. The van der Waals surface area contributed by atoms with Gasteiger partial charge in [0.05, 0.1) is 63.3 Å². The highest BCUT2D eigenvalue weighted by molar-refractivity contribution is 6.12. The van der Waals surface area contributed by atoms with Gasteiger partial charge in [-0.1, -0.05) is 121 Å². The van der Waals surface area contributed by atoms with Gasteiger partial charge in [0.25, 0.3) is 0 Å². The first-order valence-corrected chi connectivity index (χ1v) is 22.1. The summed E-state index contributed by atoms with van der Waals surface area (Å²) in [6.45, 7) is 7.85. The molecule has 0 unspecified atom stereocenters. The van der Waals surface area contributed by atoms with Crippen LogP contribution in [-0.4, -0.2) is 24.1 Å². The summed E-state index contributed by atoms with van der Waals surface area (Å²) in [5.74, 6) is 1.65. The highest BCUT2D eigenvalue weighted by atomic mass is 15.0. The van der Waals surface area contributed by atoms with Crippen LogP contribution in [0.1, 0.15) is 11.1 Å². The zero-order valence-corrected chi connectivity index (χ0v) is 36.2. The molecule has 0 atom stereocenters. The van der Waals surface area contributed by atoms with Gasteiger partial charge < -0.3 is 9.13 Å². The van der Waals surface area contributed by atoms with Crippen molar-refractivity contribution < 1.29 is 0 Å². The van der Waals surface area contributed by atoms with Gasteiger partial charge in [-0.3, -0.25) is 0 Å². The second kappa shape index (κ2) is 16.2. The maximum atomic E-state index is 10.2. The smallest absolute Gasteiger partial charge is 0.188 e. The van der Waals surface area contributed by atoms with Crippen molar-refractivity contribution in [1.82, 2.24) is 24.1 Å². The molecule has 0 saturated heterocycles. The Hall–Kier alpha value is -9.94. The van der Waals surface area contributed by atoms with Gasteiger partial charge in [0, 0.05) is 44.0 Å². The standard InChI is InChI=1S/C60H34N8/c1-63-45-26-30-57-51(35-45)47-20-9-11-22-53(47)68(57)55-29-25-44(60-65-58(40-14-4-2-5-15-40)64-59(66-60)41-16-6-3-7-17-41)34-49(55)43-24-28-54(48(33-43)42-18-12-13-38(31-42)36-61)67-52-21-10-8-19-46(52)50-32-39(37-62)23-27-56(50)67/h2-35H. The van der Waals surface area contributed by atoms with E-state index in [0.717, 1.165) is 93.9 Å². The Morgan fingerprint density at radius 3 is 1.41 bits per heavy atom. The lowest BCUT2D eigenvalue weighted by Gasteiger charge is -2.19. The predicted molar refractivity (Wildman–Crippen MR) is 271 cm³/mol. The van der Waals surface area contributed by atoms with Crippen LogP contribution in [0.2, 0.25) is 0 Å².